The molecule has 0 aliphatic heterocycles. The fourth-order valence-corrected chi connectivity index (χ4v) is 3.27. The van der Waals surface area contributed by atoms with E-state index in [0.717, 1.165) is 15.7 Å². The molecule has 0 heterocycles. The maximum Gasteiger partial charge on any atom is 0.175 e. The van der Waals surface area contributed by atoms with Gasteiger partial charge in [0.15, 0.2) is 9.84 Å². The van der Waals surface area contributed by atoms with Gasteiger partial charge in [0.1, 0.15) is 0 Å². The van der Waals surface area contributed by atoms with Crippen molar-refractivity contribution in [1.29, 1.82) is 0 Å². The number of benzene rings is 2. The average molecular weight is 354 g/mol. The van der Waals surface area contributed by atoms with Gasteiger partial charge in [-0.15, -0.1) is 0 Å². The molecule has 106 valence electrons. The lowest BCUT2D eigenvalue weighted by molar-refractivity contribution is 0.602. The van der Waals surface area contributed by atoms with Crippen LogP contribution >= 0.6 is 15.9 Å². The Morgan fingerprint density at radius 1 is 1.10 bits per heavy atom. The van der Waals surface area contributed by atoms with Gasteiger partial charge in [-0.2, -0.15) is 0 Å². The first kappa shape index (κ1) is 15.1. The Bertz CT molecular complexity index is 713. The highest BCUT2D eigenvalue weighted by molar-refractivity contribution is 9.10. The molecule has 0 radical (unpaired) electrons. The molecule has 3 nitrogen and oxygen atoms in total. The van der Waals surface area contributed by atoms with Crippen LogP contribution in [-0.4, -0.2) is 14.7 Å². The molecule has 2 aromatic rings. The van der Waals surface area contributed by atoms with Crippen LogP contribution in [0, 0.1) is 0 Å². The van der Waals surface area contributed by atoms with Gasteiger partial charge < -0.3 is 5.32 Å². The van der Waals surface area contributed by atoms with Crippen LogP contribution in [0.3, 0.4) is 0 Å². The number of halogens is 1. The van der Waals surface area contributed by atoms with Crippen molar-refractivity contribution in [2.24, 2.45) is 0 Å². The van der Waals surface area contributed by atoms with E-state index in [0.29, 0.717) is 4.90 Å². The Morgan fingerprint density at radius 3 is 2.45 bits per heavy atom. The van der Waals surface area contributed by atoms with E-state index in [-0.39, 0.29) is 6.04 Å². The molecule has 1 atom stereocenters. The summed E-state index contributed by atoms with van der Waals surface area (Å²) in [6.45, 7) is 2.03. The van der Waals surface area contributed by atoms with Crippen LogP contribution in [0.25, 0.3) is 0 Å². The molecule has 20 heavy (non-hydrogen) atoms. The Morgan fingerprint density at radius 2 is 1.80 bits per heavy atom. The molecule has 0 aliphatic rings. The normalized spacial score (nSPS) is 12.9. The zero-order valence-corrected chi connectivity index (χ0v) is 13.7. The van der Waals surface area contributed by atoms with Gasteiger partial charge in [0.05, 0.1) is 4.90 Å². The number of sulfone groups is 1. The molecule has 0 saturated carbocycles. The summed E-state index contributed by atoms with van der Waals surface area (Å²) in [6, 6.07) is 14.9. The summed E-state index contributed by atoms with van der Waals surface area (Å²) in [5.41, 5.74) is 1.91. The van der Waals surface area contributed by atoms with Crippen molar-refractivity contribution in [1.82, 2.24) is 0 Å². The molecule has 0 saturated heterocycles. The van der Waals surface area contributed by atoms with E-state index in [1.54, 1.807) is 18.2 Å². The molecule has 1 N–H and O–H groups in total. The van der Waals surface area contributed by atoms with Crippen molar-refractivity contribution in [2.75, 3.05) is 11.6 Å². The summed E-state index contributed by atoms with van der Waals surface area (Å²) in [6.07, 6.45) is 1.21. The second-order valence-corrected chi connectivity index (χ2v) is 7.56. The predicted octanol–water partition coefficient (Wildman–Crippen LogP) is 4.03. The lowest BCUT2D eigenvalue weighted by Gasteiger charge is -2.17. The van der Waals surface area contributed by atoms with E-state index in [1.165, 1.54) is 6.26 Å². The van der Waals surface area contributed by atoms with Crippen molar-refractivity contribution in [3.05, 3.63) is 58.6 Å². The van der Waals surface area contributed by atoms with E-state index >= 15 is 0 Å². The maximum atomic E-state index is 11.6. The highest BCUT2D eigenvalue weighted by Gasteiger charge is 2.11. The van der Waals surface area contributed by atoms with Gasteiger partial charge in [-0.05, 0) is 36.8 Å². The predicted molar refractivity (Wildman–Crippen MR) is 85.7 cm³/mol. The molecule has 0 bridgehead atoms. The Kier molecular flexibility index (Phi) is 4.50. The second kappa shape index (κ2) is 5.97. The van der Waals surface area contributed by atoms with Gasteiger partial charge in [-0.25, -0.2) is 8.42 Å². The highest BCUT2D eigenvalue weighted by atomic mass is 79.9. The molecule has 0 aromatic heterocycles. The number of anilines is 1. The van der Waals surface area contributed by atoms with Gasteiger partial charge in [-0.3, -0.25) is 0 Å². The molecule has 0 spiro atoms. The Labute approximate surface area is 128 Å². The molecule has 2 rings (SSSR count). The zero-order chi connectivity index (χ0) is 14.8. The fourth-order valence-electron chi connectivity index (χ4n) is 1.97. The van der Waals surface area contributed by atoms with Gasteiger partial charge in [0.25, 0.3) is 0 Å². The number of nitrogens with one attached hydrogen (secondary N) is 1. The highest BCUT2D eigenvalue weighted by Crippen LogP contribution is 2.26. The van der Waals surface area contributed by atoms with Crippen molar-refractivity contribution in [3.63, 3.8) is 0 Å². The third-order valence-electron chi connectivity index (χ3n) is 3.02. The molecule has 0 aliphatic carbocycles. The summed E-state index contributed by atoms with van der Waals surface area (Å²) >= 11 is 3.52. The lowest BCUT2D eigenvalue weighted by Crippen LogP contribution is -2.08. The molecule has 2 aromatic carbocycles. The third kappa shape index (κ3) is 3.61. The van der Waals surface area contributed by atoms with E-state index in [9.17, 15) is 8.42 Å². The molecular formula is C15H16BrNO2S. The van der Waals surface area contributed by atoms with Crippen LogP contribution in [0.4, 0.5) is 5.69 Å². The van der Waals surface area contributed by atoms with Crippen molar-refractivity contribution >= 4 is 31.5 Å². The number of hydrogen-bond acceptors (Lipinski definition) is 3. The first-order valence-corrected chi connectivity index (χ1v) is 8.87. The molecule has 5 heteroatoms. The maximum absolute atomic E-state index is 11.6. The SMILES string of the molecule is CC(Nc1cccc(S(C)(=O)=O)c1)c1ccccc1Br. The first-order valence-electron chi connectivity index (χ1n) is 6.19. The van der Waals surface area contributed by atoms with Crippen molar-refractivity contribution in [2.45, 2.75) is 17.9 Å². The van der Waals surface area contributed by atoms with Gasteiger partial charge >= 0.3 is 0 Å². The van der Waals surface area contributed by atoms with Crippen LogP contribution in [-0.2, 0) is 9.84 Å². The average Bonchev–Trinajstić information content (AvgIpc) is 2.38. The topological polar surface area (TPSA) is 46.2 Å². The zero-order valence-electron chi connectivity index (χ0n) is 11.3. The Balaban J connectivity index is 2.25. The summed E-state index contributed by atoms with van der Waals surface area (Å²) < 4.78 is 24.1. The van der Waals surface area contributed by atoms with E-state index in [1.807, 2.05) is 37.3 Å². The lowest BCUT2D eigenvalue weighted by atomic mass is 10.1. The monoisotopic (exact) mass is 353 g/mol. The molecule has 1 unspecified atom stereocenters. The van der Waals surface area contributed by atoms with E-state index < -0.39 is 9.84 Å². The van der Waals surface area contributed by atoms with Crippen LogP contribution < -0.4 is 5.32 Å². The molecular weight excluding hydrogens is 338 g/mol. The third-order valence-corrected chi connectivity index (χ3v) is 4.85. The van der Waals surface area contributed by atoms with Gasteiger partial charge in [-0.1, -0.05) is 40.2 Å². The minimum absolute atomic E-state index is 0.0698. The first-order chi connectivity index (χ1) is 9.38. The van der Waals surface area contributed by atoms with Gasteiger partial charge in [0.2, 0.25) is 0 Å². The Hall–Kier alpha value is -1.33. The summed E-state index contributed by atoms with van der Waals surface area (Å²) in [5.74, 6) is 0. The van der Waals surface area contributed by atoms with Crippen LogP contribution in [0.1, 0.15) is 18.5 Å². The largest absolute Gasteiger partial charge is 0.378 e. The van der Waals surface area contributed by atoms with Crippen molar-refractivity contribution in [3.8, 4) is 0 Å². The summed E-state index contributed by atoms with van der Waals surface area (Å²) in [5, 5.41) is 3.32. The minimum atomic E-state index is -3.18. The minimum Gasteiger partial charge on any atom is -0.378 e. The van der Waals surface area contributed by atoms with Crippen LogP contribution in [0.5, 0.6) is 0 Å². The second-order valence-electron chi connectivity index (χ2n) is 4.69. The fraction of sp³-hybridized carbons (Fsp3) is 0.200. The number of hydrogen-bond donors (Lipinski definition) is 1. The van der Waals surface area contributed by atoms with Crippen LogP contribution in [0.2, 0.25) is 0 Å². The number of rotatable bonds is 4. The quantitative estimate of drug-likeness (QED) is 0.902. The smallest absolute Gasteiger partial charge is 0.175 e. The molecule has 0 fully saturated rings. The van der Waals surface area contributed by atoms with Crippen molar-refractivity contribution < 1.29 is 8.42 Å². The standard InChI is InChI=1S/C15H16BrNO2S/c1-11(14-8-3-4-9-15(14)16)17-12-6-5-7-13(10-12)20(2,18)19/h3-11,17H,1-2H3. The summed E-state index contributed by atoms with van der Waals surface area (Å²) in [7, 11) is -3.18. The molecule has 0 amide bonds. The van der Waals surface area contributed by atoms with E-state index in [2.05, 4.69) is 21.2 Å². The van der Waals surface area contributed by atoms with E-state index in [4.69, 9.17) is 0 Å². The van der Waals surface area contributed by atoms with Crippen LogP contribution in [0.15, 0.2) is 57.9 Å². The summed E-state index contributed by atoms with van der Waals surface area (Å²) in [4.78, 5) is 0.321. The van der Waals surface area contributed by atoms with Gasteiger partial charge in [0, 0.05) is 22.5 Å².